The number of fused-ring (bicyclic) bond motifs is 4. The molecule has 33 heavy (non-hydrogen) atoms. The third-order valence-corrected chi connectivity index (χ3v) is 7.34. The highest BCUT2D eigenvalue weighted by Gasteiger charge is 2.57. The molecule has 4 nitrogen and oxygen atoms in total. The Bertz CT molecular complexity index is 951. The van der Waals surface area contributed by atoms with E-state index in [9.17, 15) is 0 Å². The van der Waals surface area contributed by atoms with E-state index in [-0.39, 0.29) is 16.2 Å². The summed E-state index contributed by atoms with van der Waals surface area (Å²) in [5.41, 5.74) is 5.43. The highest BCUT2D eigenvalue weighted by atomic mass is 16.5. The molecule has 0 N–H and O–H groups in total. The molecule has 2 aliphatic carbocycles. The van der Waals surface area contributed by atoms with Crippen LogP contribution in [0.3, 0.4) is 0 Å². The van der Waals surface area contributed by atoms with Crippen molar-refractivity contribution in [1.82, 2.24) is 0 Å². The molecule has 2 aromatic rings. The lowest BCUT2D eigenvalue weighted by Gasteiger charge is -2.31. The Kier molecular flexibility index (Phi) is 6.09. The van der Waals surface area contributed by atoms with E-state index < -0.39 is 0 Å². The second kappa shape index (κ2) is 8.45. The predicted molar refractivity (Wildman–Crippen MR) is 134 cm³/mol. The lowest BCUT2D eigenvalue weighted by molar-refractivity contribution is 0.286. The Hall–Kier alpha value is -2.36. The lowest BCUT2D eigenvalue weighted by Crippen LogP contribution is -2.27. The molecule has 0 radical (unpaired) electrons. The maximum atomic E-state index is 6.07. The zero-order valence-corrected chi connectivity index (χ0v) is 21.7. The lowest BCUT2D eigenvalue weighted by atomic mass is 9.72. The average Bonchev–Trinajstić information content (AvgIpc) is 3.09. The summed E-state index contributed by atoms with van der Waals surface area (Å²) in [4.78, 5) is 0. The Labute approximate surface area is 199 Å². The van der Waals surface area contributed by atoms with Crippen LogP contribution in [0.5, 0.6) is 23.0 Å². The van der Waals surface area contributed by atoms with E-state index in [1.54, 1.807) is 0 Å². The minimum Gasteiger partial charge on any atom is -0.490 e. The van der Waals surface area contributed by atoms with Crippen LogP contribution in [0.15, 0.2) is 24.3 Å². The molecule has 0 amide bonds. The fourth-order valence-electron chi connectivity index (χ4n) is 6.39. The van der Waals surface area contributed by atoms with Gasteiger partial charge in [-0.2, -0.15) is 0 Å². The highest BCUT2D eigenvalue weighted by molar-refractivity contribution is 5.65. The Morgan fingerprint density at radius 2 is 0.788 bits per heavy atom. The van der Waals surface area contributed by atoms with Gasteiger partial charge in [-0.25, -0.2) is 0 Å². The number of ether oxygens (including phenoxy) is 4. The first-order chi connectivity index (χ1) is 15.6. The molecule has 0 aliphatic heterocycles. The average molecular weight is 453 g/mol. The van der Waals surface area contributed by atoms with Crippen molar-refractivity contribution in [2.45, 2.75) is 84.5 Å². The Morgan fingerprint density at radius 1 is 0.515 bits per heavy atom. The standard InChI is InChI=1S/C29H40O4/c1-9-30-23-13-19-21(15-25(23)32-11-3)29(17-27(19,5)6)18-28(7,8)20-14-24(31-10-2)26(33-12-4)16-22(20)29/h13-16H,9-12,17-18H2,1-8H3. The van der Waals surface area contributed by atoms with Gasteiger partial charge in [-0.15, -0.1) is 0 Å². The van der Waals surface area contributed by atoms with Crippen molar-refractivity contribution in [3.05, 3.63) is 46.5 Å². The van der Waals surface area contributed by atoms with Crippen molar-refractivity contribution < 1.29 is 18.9 Å². The molecule has 0 saturated carbocycles. The zero-order valence-electron chi connectivity index (χ0n) is 21.7. The number of hydrogen-bond donors (Lipinski definition) is 0. The second-order valence-corrected chi connectivity index (χ2v) is 10.6. The largest absolute Gasteiger partial charge is 0.490 e. The molecule has 0 atom stereocenters. The van der Waals surface area contributed by atoms with E-state index in [4.69, 9.17) is 18.9 Å². The molecule has 0 bridgehead atoms. The zero-order chi connectivity index (χ0) is 24.0. The summed E-state index contributed by atoms with van der Waals surface area (Å²) in [5.74, 6) is 3.39. The van der Waals surface area contributed by atoms with Gasteiger partial charge in [0.1, 0.15) is 0 Å². The van der Waals surface area contributed by atoms with E-state index in [1.165, 1.54) is 22.3 Å². The van der Waals surface area contributed by atoms with Gasteiger partial charge in [0, 0.05) is 5.41 Å². The molecule has 1 spiro atoms. The fourth-order valence-corrected chi connectivity index (χ4v) is 6.39. The minimum absolute atomic E-state index is 0.0218. The van der Waals surface area contributed by atoms with Crippen LogP contribution >= 0.6 is 0 Å². The maximum Gasteiger partial charge on any atom is 0.161 e. The smallest absolute Gasteiger partial charge is 0.161 e. The second-order valence-electron chi connectivity index (χ2n) is 10.6. The molecule has 0 aromatic heterocycles. The molecule has 180 valence electrons. The third-order valence-electron chi connectivity index (χ3n) is 7.34. The Balaban J connectivity index is 1.98. The van der Waals surface area contributed by atoms with Gasteiger partial charge in [0.15, 0.2) is 23.0 Å². The van der Waals surface area contributed by atoms with Crippen molar-refractivity contribution >= 4 is 0 Å². The van der Waals surface area contributed by atoms with E-state index >= 15 is 0 Å². The van der Waals surface area contributed by atoms with Gasteiger partial charge in [-0.1, -0.05) is 27.7 Å². The van der Waals surface area contributed by atoms with Gasteiger partial charge >= 0.3 is 0 Å². The molecule has 4 heteroatoms. The minimum atomic E-state index is -0.0924. The maximum absolute atomic E-state index is 6.07. The molecule has 0 saturated heterocycles. The summed E-state index contributed by atoms with van der Waals surface area (Å²) < 4.78 is 24.1. The summed E-state index contributed by atoms with van der Waals surface area (Å²) in [5, 5.41) is 0. The van der Waals surface area contributed by atoms with Crippen molar-refractivity contribution in [2.75, 3.05) is 26.4 Å². The van der Waals surface area contributed by atoms with E-state index in [2.05, 4.69) is 52.0 Å². The van der Waals surface area contributed by atoms with Crippen LogP contribution in [0, 0.1) is 0 Å². The van der Waals surface area contributed by atoms with Gasteiger partial charge in [0.2, 0.25) is 0 Å². The van der Waals surface area contributed by atoms with Crippen molar-refractivity contribution in [1.29, 1.82) is 0 Å². The highest BCUT2D eigenvalue weighted by Crippen LogP contribution is 2.64. The molecule has 0 heterocycles. The first-order valence-corrected chi connectivity index (χ1v) is 12.5. The topological polar surface area (TPSA) is 36.9 Å². The van der Waals surface area contributed by atoms with Crippen LogP contribution in [0.1, 0.15) is 90.5 Å². The van der Waals surface area contributed by atoms with Gasteiger partial charge in [0.25, 0.3) is 0 Å². The normalized spacial score (nSPS) is 18.7. The van der Waals surface area contributed by atoms with E-state index in [1.807, 2.05) is 27.7 Å². The first-order valence-electron chi connectivity index (χ1n) is 12.5. The van der Waals surface area contributed by atoms with Gasteiger partial charge < -0.3 is 18.9 Å². The SMILES string of the molecule is CCOc1cc2c(cc1OCC)C1(CC2(C)C)CC(C)(C)c2cc(OCC)c(OCC)cc21. The van der Waals surface area contributed by atoms with Gasteiger partial charge in [-0.3, -0.25) is 0 Å². The molecule has 2 aromatic carbocycles. The third kappa shape index (κ3) is 3.76. The number of rotatable bonds is 8. The quantitative estimate of drug-likeness (QED) is 0.435. The monoisotopic (exact) mass is 452 g/mol. The van der Waals surface area contributed by atoms with Crippen LogP contribution in [0.25, 0.3) is 0 Å². The number of benzene rings is 2. The molecular formula is C29H40O4. The van der Waals surface area contributed by atoms with Crippen LogP contribution in [-0.2, 0) is 16.2 Å². The fraction of sp³-hybridized carbons (Fsp3) is 0.586. The molecule has 4 rings (SSSR count). The first kappa shape index (κ1) is 23.8. The molecule has 2 aliphatic rings. The van der Waals surface area contributed by atoms with Crippen molar-refractivity contribution in [3.8, 4) is 23.0 Å². The van der Waals surface area contributed by atoms with Gasteiger partial charge in [-0.05, 0) is 97.9 Å². The van der Waals surface area contributed by atoms with Crippen LogP contribution in [0.4, 0.5) is 0 Å². The summed E-state index contributed by atoms with van der Waals surface area (Å²) in [6.07, 6.45) is 2.10. The van der Waals surface area contributed by atoms with Crippen molar-refractivity contribution in [3.63, 3.8) is 0 Å². The van der Waals surface area contributed by atoms with Crippen LogP contribution in [-0.4, -0.2) is 26.4 Å². The van der Waals surface area contributed by atoms with Crippen LogP contribution in [0.2, 0.25) is 0 Å². The molecule has 0 fully saturated rings. The summed E-state index contributed by atoms with van der Waals surface area (Å²) >= 11 is 0. The Morgan fingerprint density at radius 3 is 1.06 bits per heavy atom. The summed E-state index contributed by atoms with van der Waals surface area (Å²) in [7, 11) is 0. The summed E-state index contributed by atoms with van der Waals surface area (Å²) in [6, 6.07) is 9.00. The molecule has 0 unspecified atom stereocenters. The van der Waals surface area contributed by atoms with Crippen molar-refractivity contribution in [2.24, 2.45) is 0 Å². The number of hydrogen-bond acceptors (Lipinski definition) is 4. The van der Waals surface area contributed by atoms with E-state index in [0.29, 0.717) is 26.4 Å². The van der Waals surface area contributed by atoms with Crippen LogP contribution < -0.4 is 18.9 Å². The predicted octanol–water partition coefficient (Wildman–Crippen LogP) is 6.93. The summed E-state index contributed by atoms with van der Waals surface area (Å²) in [6.45, 7) is 20.0. The van der Waals surface area contributed by atoms with E-state index in [0.717, 1.165) is 35.8 Å². The van der Waals surface area contributed by atoms with Gasteiger partial charge in [0.05, 0.1) is 26.4 Å². The molecular weight excluding hydrogens is 412 g/mol.